The molecule has 0 bridgehead atoms. The van der Waals surface area contributed by atoms with Gasteiger partial charge in [-0.15, -0.1) is 0 Å². The summed E-state index contributed by atoms with van der Waals surface area (Å²) in [6.07, 6.45) is 4.12. The van der Waals surface area contributed by atoms with E-state index in [2.05, 4.69) is 36.5 Å². The highest BCUT2D eigenvalue weighted by molar-refractivity contribution is 5.67. The first kappa shape index (κ1) is 17.9. The summed E-state index contributed by atoms with van der Waals surface area (Å²) in [5.41, 5.74) is 7.65. The number of rotatable bonds is 5. The van der Waals surface area contributed by atoms with Crippen molar-refractivity contribution in [3.05, 3.63) is 82.8 Å². The van der Waals surface area contributed by atoms with Crippen LogP contribution in [0, 0.1) is 12.7 Å². The summed E-state index contributed by atoms with van der Waals surface area (Å²) in [4.78, 5) is 4.85. The van der Waals surface area contributed by atoms with E-state index in [4.69, 9.17) is 10.1 Å². The second-order valence-corrected chi connectivity index (χ2v) is 7.65. The average Bonchev–Trinajstić information content (AvgIpc) is 3.36. The molecule has 146 valence electrons. The molecule has 0 aliphatic heterocycles. The van der Waals surface area contributed by atoms with E-state index in [9.17, 15) is 4.39 Å². The molecule has 29 heavy (non-hydrogen) atoms. The topological polar surface area (TPSA) is 42.2 Å². The molecule has 2 aromatic heterocycles. The van der Waals surface area contributed by atoms with E-state index in [-0.39, 0.29) is 5.82 Å². The second-order valence-electron chi connectivity index (χ2n) is 7.65. The maximum atomic E-state index is 13.3. The molecule has 1 aliphatic rings. The van der Waals surface area contributed by atoms with Gasteiger partial charge >= 0.3 is 0 Å². The lowest BCUT2D eigenvalue weighted by Gasteiger charge is -2.13. The molecule has 0 radical (unpaired) electrons. The number of hydrogen-bond donors (Lipinski definition) is 1. The third-order valence-electron chi connectivity index (χ3n) is 5.71. The van der Waals surface area contributed by atoms with Gasteiger partial charge in [0, 0.05) is 29.4 Å². The third-order valence-corrected chi connectivity index (χ3v) is 5.71. The minimum atomic E-state index is -0.242. The SMILES string of the molecule is Cc1ccccc1CCNc1c2c(nc3cc(-c4ccc(F)cc4)nn13)CCC2. The monoisotopic (exact) mass is 386 g/mol. The van der Waals surface area contributed by atoms with Crippen molar-refractivity contribution < 1.29 is 4.39 Å². The van der Waals surface area contributed by atoms with Gasteiger partial charge in [-0.2, -0.15) is 9.61 Å². The number of nitrogens with one attached hydrogen (secondary N) is 1. The highest BCUT2D eigenvalue weighted by atomic mass is 19.1. The summed E-state index contributed by atoms with van der Waals surface area (Å²) >= 11 is 0. The van der Waals surface area contributed by atoms with Crippen molar-refractivity contribution in [2.24, 2.45) is 0 Å². The molecule has 0 unspecified atom stereocenters. The number of fused-ring (bicyclic) bond motifs is 2. The van der Waals surface area contributed by atoms with Gasteiger partial charge in [0.15, 0.2) is 5.65 Å². The van der Waals surface area contributed by atoms with Gasteiger partial charge in [-0.05, 0) is 68.0 Å². The molecule has 0 spiro atoms. The van der Waals surface area contributed by atoms with Gasteiger partial charge in [0.25, 0.3) is 0 Å². The van der Waals surface area contributed by atoms with E-state index < -0.39 is 0 Å². The Morgan fingerprint density at radius 2 is 1.90 bits per heavy atom. The normalized spacial score (nSPS) is 13.0. The Labute approximate surface area is 169 Å². The van der Waals surface area contributed by atoms with E-state index in [1.807, 2.05) is 10.6 Å². The molecule has 0 saturated heterocycles. The van der Waals surface area contributed by atoms with E-state index in [1.165, 1.54) is 34.5 Å². The number of aryl methyl sites for hydroxylation is 2. The van der Waals surface area contributed by atoms with E-state index >= 15 is 0 Å². The first-order chi connectivity index (χ1) is 14.2. The summed E-state index contributed by atoms with van der Waals surface area (Å²) in [5.74, 6) is 0.803. The van der Waals surface area contributed by atoms with E-state index in [0.717, 1.165) is 55.0 Å². The molecule has 5 heteroatoms. The van der Waals surface area contributed by atoms with Crippen molar-refractivity contribution in [2.75, 3.05) is 11.9 Å². The van der Waals surface area contributed by atoms with Gasteiger partial charge in [-0.3, -0.25) is 0 Å². The molecule has 2 aromatic carbocycles. The van der Waals surface area contributed by atoms with Crippen LogP contribution in [0.15, 0.2) is 54.6 Å². The molecular weight excluding hydrogens is 363 g/mol. The minimum absolute atomic E-state index is 0.242. The fourth-order valence-corrected chi connectivity index (χ4v) is 4.14. The summed E-state index contributed by atoms with van der Waals surface area (Å²) < 4.78 is 15.2. The lowest BCUT2D eigenvalue weighted by atomic mass is 10.1. The number of hydrogen-bond acceptors (Lipinski definition) is 3. The summed E-state index contributed by atoms with van der Waals surface area (Å²) in [7, 11) is 0. The molecule has 1 N–H and O–H groups in total. The predicted octanol–water partition coefficient (Wildman–Crippen LogP) is 4.99. The van der Waals surface area contributed by atoms with Crippen LogP contribution in [0.1, 0.15) is 28.8 Å². The maximum Gasteiger partial charge on any atom is 0.158 e. The van der Waals surface area contributed by atoms with Crippen LogP contribution in [0.25, 0.3) is 16.9 Å². The zero-order valence-corrected chi connectivity index (χ0v) is 16.5. The molecule has 1 aliphatic carbocycles. The van der Waals surface area contributed by atoms with Crippen LogP contribution in [0.4, 0.5) is 10.2 Å². The Bertz CT molecular complexity index is 1180. The Morgan fingerprint density at radius 3 is 2.72 bits per heavy atom. The molecule has 2 heterocycles. The van der Waals surface area contributed by atoms with Crippen molar-refractivity contribution in [1.82, 2.24) is 14.6 Å². The van der Waals surface area contributed by atoms with Crippen LogP contribution in [-0.4, -0.2) is 21.1 Å². The van der Waals surface area contributed by atoms with Gasteiger partial charge in [0.05, 0.1) is 5.69 Å². The fraction of sp³-hybridized carbons (Fsp3) is 0.250. The highest BCUT2D eigenvalue weighted by Crippen LogP contribution is 2.30. The highest BCUT2D eigenvalue weighted by Gasteiger charge is 2.21. The van der Waals surface area contributed by atoms with Gasteiger partial charge < -0.3 is 5.32 Å². The molecular formula is C24H23FN4. The fourth-order valence-electron chi connectivity index (χ4n) is 4.14. The van der Waals surface area contributed by atoms with Crippen LogP contribution >= 0.6 is 0 Å². The van der Waals surface area contributed by atoms with Crippen molar-refractivity contribution in [2.45, 2.75) is 32.6 Å². The number of nitrogens with zero attached hydrogens (tertiary/aromatic N) is 3. The molecule has 4 nitrogen and oxygen atoms in total. The number of benzene rings is 2. The Kier molecular flexibility index (Phi) is 4.51. The largest absolute Gasteiger partial charge is 0.369 e. The standard InChI is InChI=1S/C24H23FN4/c1-16-5-2-3-6-17(16)13-14-26-24-20-7-4-8-21(20)27-23-15-22(28-29(23)24)18-9-11-19(25)12-10-18/h2-3,5-6,9-12,15,26H,4,7-8,13-14H2,1H3. The average molecular weight is 386 g/mol. The van der Waals surface area contributed by atoms with Crippen molar-refractivity contribution >= 4 is 11.5 Å². The van der Waals surface area contributed by atoms with Crippen LogP contribution in [0.5, 0.6) is 0 Å². The maximum absolute atomic E-state index is 13.3. The lowest BCUT2D eigenvalue weighted by Crippen LogP contribution is -2.13. The van der Waals surface area contributed by atoms with Crippen molar-refractivity contribution in [3.8, 4) is 11.3 Å². The zero-order valence-electron chi connectivity index (χ0n) is 16.5. The number of halogens is 1. The van der Waals surface area contributed by atoms with Gasteiger partial charge in [0.1, 0.15) is 11.6 Å². The quantitative estimate of drug-likeness (QED) is 0.526. The van der Waals surface area contributed by atoms with Crippen molar-refractivity contribution in [3.63, 3.8) is 0 Å². The Balaban J connectivity index is 1.49. The molecule has 0 fully saturated rings. The molecule has 0 atom stereocenters. The van der Waals surface area contributed by atoms with Gasteiger partial charge in [-0.1, -0.05) is 24.3 Å². The molecule has 5 rings (SSSR count). The van der Waals surface area contributed by atoms with Gasteiger partial charge in [0.2, 0.25) is 0 Å². The predicted molar refractivity (Wildman–Crippen MR) is 114 cm³/mol. The second kappa shape index (κ2) is 7.32. The van der Waals surface area contributed by atoms with Gasteiger partial charge in [-0.25, -0.2) is 9.37 Å². The minimum Gasteiger partial charge on any atom is -0.369 e. The van der Waals surface area contributed by atoms with Crippen LogP contribution in [-0.2, 0) is 19.3 Å². The third kappa shape index (κ3) is 3.37. The summed E-state index contributed by atoms with van der Waals surface area (Å²) in [5, 5.41) is 8.44. The van der Waals surface area contributed by atoms with Crippen LogP contribution in [0.2, 0.25) is 0 Å². The first-order valence-corrected chi connectivity index (χ1v) is 10.1. The van der Waals surface area contributed by atoms with Crippen LogP contribution < -0.4 is 5.32 Å². The Hall–Kier alpha value is -3.21. The van der Waals surface area contributed by atoms with E-state index in [0.29, 0.717) is 0 Å². The molecule has 0 saturated carbocycles. The zero-order chi connectivity index (χ0) is 19.8. The number of aromatic nitrogens is 3. The van der Waals surface area contributed by atoms with Crippen LogP contribution in [0.3, 0.4) is 0 Å². The molecule has 4 aromatic rings. The summed E-state index contributed by atoms with van der Waals surface area (Å²) in [6, 6.07) is 16.9. The Morgan fingerprint density at radius 1 is 1.07 bits per heavy atom. The number of anilines is 1. The molecule has 0 amide bonds. The summed E-state index contributed by atoms with van der Waals surface area (Å²) in [6.45, 7) is 2.99. The smallest absolute Gasteiger partial charge is 0.158 e. The van der Waals surface area contributed by atoms with Crippen molar-refractivity contribution in [1.29, 1.82) is 0 Å². The lowest BCUT2D eigenvalue weighted by molar-refractivity contribution is 0.628. The van der Waals surface area contributed by atoms with E-state index in [1.54, 1.807) is 12.1 Å². The first-order valence-electron chi connectivity index (χ1n) is 10.1.